The Morgan fingerprint density at radius 3 is 2.44 bits per heavy atom. The van der Waals surface area contributed by atoms with Crippen molar-refractivity contribution in [1.29, 1.82) is 0 Å². The standard InChI is InChI=1S/C29H28ClN3O2S/c30-23-9-6-10-24(18-23)33-27(34)19-36-29(33)25-11-4-5-12-26(25)32(28(29)35)20-31-15-13-22(14-16-31)17-21-7-2-1-3-8-21/h1-12,18,22H,13-17,19-20H2/t29-/m0/s1. The number of carbonyl (C=O) groups is 2. The predicted molar refractivity (Wildman–Crippen MR) is 146 cm³/mol. The van der Waals surface area contributed by atoms with E-state index in [-0.39, 0.29) is 17.6 Å². The molecule has 0 aliphatic carbocycles. The number of likely N-dealkylation sites (tertiary alicyclic amines) is 1. The molecule has 0 saturated carbocycles. The largest absolute Gasteiger partial charge is 0.295 e. The number of piperidine rings is 1. The summed E-state index contributed by atoms with van der Waals surface area (Å²) in [5, 5.41) is 0.543. The van der Waals surface area contributed by atoms with Gasteiger partial charge >= 0.3 is 0 Å². The number of amides is 2. The van der Waals surface area contributed by atoms with Crippen molar-refractivity contribution in [3.63, 3.8) is 0 Å². The van der Waals surface area contributed by atoms with Gasteiger partial charge in [0.2, 0.25) is 10.8 Å². The monoisotopic (exact) mass is 517 g/mol. The lowest BCUT2D eigenvalue weighted by molar-refractivity contribution is -0.124. The van der Waals surface area contributed by atoms with Crippen LogP contribution in [-0.4, -0.2) is 42.2 Å². The lowest BCUT2D eigenvalue weighted by atomic mass is 9.90. The zero-order valence-corrected chi connectivity index (χ0v) is 21.5. The number of carbonyl (C=O) groups excluding carboxylic acids is 2. The molecule has 0 aromatic heterocycles. The molecule has 36 heavy (non-hydrogen) atoms. The molecule has 2 saturated heterocycles. The molecule has 184 valence electrons. The average molecular weight is 518 g/mol. The molecule has 5 nitrogen and oxygen atoms in total. The number of hydrogen-bond acceptors (Lipinski definition) is 4. The first-order valence-electron chi connectivity index (χ1n) is 12.5. The highest BCUT2D eigenvalue weighted by Crippen LogP contribution is 2.55. The van der Waals surface area contributed by atoms with Gasteiger partial charge < -0.3 is 0 Å². The molecule has 1 atom stereocenters. The fraction of sp³-hybridized carbons (Fsp3) is 0.310. The van der Waals surface area contributed by atoms with Gasteiger partial charge in [-0.1, -0.05) is 66.2 Å². The van der Waals surface area contributed by atoms with Gasteiger partial charge in [0.05, 0.1) is 18.1 Å². The van der Waals surface area contributed by atoms with Gasteiger partial charge in [0, 0.05) is 29.4 Å². The highest BCUT2D eigenvalue weighted by molar-refractivity contribution is 8.02. The SMILES string of the molecule is O=C1CS[C@@]2(C(=O)N(CN3CCC(Cc4ccccc4)CC3)c3ccccc32)N1c1cccc(Cl)c1. The number of para-hydroxylation sites is 1. The second kappa shape index (κ2) is 9.58. The number of benzene rings is 3. The van der Waals surface area contributed by atoms with E-state index in [1.165, 1.54) is 17.3 Å². The van der Waals surface area contributed by atoms with E-state index >= 15 is 0 Å². The Labute approximate surface area is 221 Å². The summed E-state index contributed by atoms with van der Waals surface area (Å²) in [5.41, 5.74) is 3.82. The van der Waals surface area contributed by atoms with E-state index in [2.05, 4.69) is 35.2 Å². The Hall–Kier alpha value is -2.80. The van der Waals surface area contributed by atoms with Crippen molar-refractivity contribution >= 4 is 46.6 Å². The third-order valence-corrected chi connectivity index (χ3v) is 9.17. The molecule has 0 N–H and O–H groups in total. The van der Waals surface area contributed by atoms with Gasteiger partial charge in [-0.25, -0.2) is 0 Å². The van der Waals surface area contributed by atoms with Crippen LogP contribution >= 0.6 is 23.4 Å². The van der Waals surface area contributed by atoms with E-state index in [1.54, 1.807) is 17.0 Å². The van der Waals surface area contributed by atoms with Crippen molar-refractivity contribution in [3.8, 4) is 0 Å². The van der Waals surface area contributed by atoms with Crippen LogP contribution in [0.25, 0.3) is 0 Å². The molecule has 3 aromatic rings. The normalized spacial score (nSPS) is 22.6. The quantitative estimate of drug-likeness (QED) is 0.446. The summed E-state index contributed by atoms with van der Waals surface area (Å²) in [6.07, 6.45) is 3.34. The molecule has 6 rings (SSSR count). The predicted octanol–water partition coefficient (Wildman–Crippen LogP) is 5.53. The van der Waals surface area contributed by atoms with Crippen LogP contribution < -0.4 is 9.80 Å². The minimum Gasteiger partial charge on any atom is -0.295 e. The number of thioether (sulfide) groups is 1. The Kier molecular flexibility index (Phi) is 6.28. The lowest BCUT2D eigenvalue weighted by Gasteiger charge is -2.36. The van der Waals surface area contributed by atoms with Crippen molar-refractivity contribution in [2.45, 2.75) is 24.1 Å². The van der Waals surface area contributed by atoms with Gasteiger partial charge in [0.25, 0.3) is 5.91 Å². The van der Waals surface area contributed by atoms with Crippen molar-refractivity contribution in [1.82, 2.24) is 4.90 Å². The third kappa shape index (κ3) is 4.01. The van der Waals surface area contributed by atoms with Gasteiger partial charge in [0.1, 0.15) is 0 Å². The number of anilines is 2. The number of halogens is 1. The van der Waals surface area contributed by atoms with E-state index in [1.807, 2.05) is 41.3 Å². The molecule has 1 spiro atoms. The fourth-order valence-corrected chi connectivity index (χ4v) is 7.33. The van der Waals surface area contributed by atoms with Gasteiger partial charge in [0.15, 0.2) is 0 Å². The molecule has 7 heteroatoms. The zero-order chi connectivity index (χ0) is 24.7. The van der Waals surface area contributed by atoms with E-state index in [4.69, 9.17) is 11.6 Å². The van der Waals surface area contributed by atoms with Crippen molar-refractivity contribution in [2.75, 3.05) is 35.3 Å². The molecular formula is C29H28ClN3O2S. The molecule has 0 bridgehead atoms. The van der Waals surface area contributed by atoms with Gasteiger partial charge in [-0.15, -0.1) is 11.8 Å². The first kappa shape index (κ1) is 23.6. The number of fused-ring (bicyclic) bond motifs is 2. The van der Waals surface area contributed by atoms with E-state index in [0.717, 1.165) is 43.6 Å². The number of hydrogen-bond donors (Lipinski definition) is 0. The van der Waals surface area contributed by atoms with Crippen LogP contribution in [-0.2, 0) is 20.9 Å². The van der Waals surface area contributed by atoms with Crippen LogP contribution in [0.15, 0.2) is 78.9 Å². The first-order chi connectivity index (χ1) is 17.6. The molecule has 3 aliphatic heterocycles. The fourth-order valence-electron chi connectivity index (χ4n) is 5.79. The lowest BCUT2D eigenvalue weighted by Crippen LogP contribution is -2.52. The van der Waals surface area contributed by atoms with Crippen LogP contribution in [0.2, 0.25) is 5.02 Å². The Morgan fingerprint density at radius 1 is 0.917 bits per heavy atom. The average Bonchev–Trinajstić information content (AvgIpc) is 3.36. The summed E-state index contributed by atoms with van der Waals surface area (Å²) >= 11 is 7.69. The van der Waals surface area contributed by atoms with E-state index < -0.39 is 4.87 Å². The van der Waals surface area contributed by atoms with E-state index in [9.17, 15) is 9.59 Å². The van der Waals surface area contributed by atoms with Crippen LogP contribution in [0, 0.1) is 5.92 Å². The topological polar surface area (TPSA) is 43.9 Å². The Morgan fingerprint density at radius 2 is 1.67 bits per heavy atom. The molecule has 2 fully saturated rings. The molecule has 0 unspecified atom stereocenters. The minimum atomic E-state index is -1.09. The second-order valence-electron chi connectivity index (χ2n) is 9.78. The van der Waals surface area contributed by atoms with Crippen LogP contribution in [0.1, 0.15) is 24.0 Å². The van der Waals surface area contributed by atoms with Gasteiger partial charge in [-0.2, -0.15) is 0 Å². The third-order valence-electron chi connectivity index (χ3n) is 7.55. The number of nitrogens with zero attached hydrogens (tertiary/aromatic N) is 3. The summed E-state index contributed by atoms with van der Waals surface area (Å²) in [7, 11) is 0. The summed E-state index contributed by atoms with van der Waals surface area (Å²) in [6, 6.07) is 25.8. The maximum absolute atomic E-state index is 14.2. The minimum absolute atomic E-state index is 0.0501. The molecule has 3 heterocycles. The molecule has 3 aromatic carbocycles. The maximum Gasteiger partial charge on any atom is 0.269 e. The highest BCUT2D eigenvalue weighted by atomic mass is 35.5. The number of rotatable bonds is 5. The molecule has 2 amide bonds. The van der Waals surface area contributed by atoms with Crippen LogP contribution in [0.5, 0.6) is 0 Å². The first-order valence-corrected chi connectivity index (χ1v) is 13.8. The summed E-state index contributed by atoms with van der Waals surface area (Å²) in [6.45, 7) is 2.45. The van der Waals surface area contributed by atoms with Crippen molar-refractivity contribution < 1.29 is 9.59 Å². The maximum atomic E-state index is 14.2. The zero-order valence-electron chi connectivity index (χ0n) is 20.0. The summed E-state index contributed by atoms with van der Waals surface area (Å²) in [4.78, 5) is 32.2. The Balaban J connectivity index is 1.24. The van der Waals surface area contributed by atoms with Crippen LogP contribution in [0.3, 0.4) is 0 Å². The smallest absolute Gasteiger partial charge is 0.269 e. The molecule has 0 radical (unpaired) electrons. The molecular weight excluding hydrogens is 490 g/mol. The van der Waals surface area contributed by atoms with Gasteiger partial charge in [-0.3, -0.25) is 24.3 Å². The molecule has 3 aliphatic rings. The summed E-state index contributed by atoms with van der Waals surface area (Å²) in [5.74, 6) is 0.795. The highest BCUT2D eigenvalue weighted by Gasteiger charge is 2.61. The summed E-state index contributed by atoms with van der Waals surface area (Å²) < 4.78 is 0. The van der Waals surface area contributed by atoms with Crippen LogP contribution in [0.4, 0.5) is 11.4 Å². The van der Waals surface area contributed by atoms with Crippen molar-refractivity contribution in [3.05, 3.63) is 95.0 Å². The van der Waals surface area contributed by atoms with Crippen molar-refractivity contribution in [2.24, 2.45) is 5.92 Å². The second-order valence-corrected chi connectivity index (χ2v) is 11.4. The van der Waals surface area contributed by atoms with E-state index in [0.29, 0.717) is 23.3 Å². The Bertz CT molecular complexity index is 1290. The van der Waals surface area contributed by atoms with Gasteiger partial charge in [-0.05, 0) is 55.0 Å².